The second-order valence-electron chi connectivity index (χ2n) is 5.87. The fraction of sp³-hybridized carbons (Fsp3) is 0.118. The van der Waals surface area contributed by atoms with Crippen molar-refractivity contribution in [1.82, 2.24) is 4.98 Å². The summed E-state index contributed by atoms with van der Waals surface area (Å²) in [6.07, 6.45) is 0.125. The highest BCUT2D eigenvalue weighted by Gasteiger charge is 2.24. The number of rotatable bonds is 2. The van der Waals surface area contributed by atoms with Crippen LogP contribution in [-0.2, 0) is 21.2 Å². The van der Waals surface area contributed by atoms with Gasteiger partial charge in [0.1, 0.15) is 5.75 Å². The number of amides is 1. The van der Waals surface area contributed by atoms with Gasteiger partial charge in [0.05, 0.1) is 29.8 Å². The van der Waals surface area contributed by atoms with Crippen LogP contribution in [0.2, 0.25) is 0 Å². The molecule has 0 saturated heterocycles. The highest BCUT2D eigenvalue weighted by atomic mass is 32.2. The second kappa shape index (κ2) is 5.33. The maximum atomic E-state index is 12.3. The van der Waals surface area contributed by atoms with Crippen molar-refractivity contribution in [2.75, 3.05) is 12.4 Å². The molecule has 0 bridgehead atoms. The summed E-state index contributed by atoms with van der Waals surface area (Å²) in [5.41, 5.74) is 3.68. The van der Waals surface area contributed by atoms with Gasteiger partial charge in [-0.3, -0.25) is 4.79 Å². The van der Waals surface area contributed by atoms with Crippen LogP contribution in [0.1, 0.15) is 5.56 Å². The second-order valence-corrected chi connectivity index (χ2v) is 7.43. The van der Waals surface area contributed by atoms with Crippen molar-refractivity contribution in [2.45, 2.75) is 11.3 Å². The van der Waals surface area contributed by atoms with Crippen LogP contribution in [0, 0.1) is 0 Å². The molecule has 0 fully saturated rings. The van der Waals surface area contributed by atoms with E-state index in [1.165, 1.54) is 12.1 Å². The number of aromatic amines is 1. The van der Waals surface area contributed by atoms with Gasteiger partial charge in [0.15, 0.2) is 0 Å². The number of ether oxygens (including phenoxy) is 1. The number of carbonyl (C=O) groups excluding carboxylic acids is 1. The number of hydrogen-bond acceptors (Lipinski definition) is 4. The van der Waals surface area contributed by atoms with Crippen LogP contribution < -0.4 is 15.2 Å². The van der Waals surface area contributed by atoms with E-state index in [1.807, 2.05) is 6.07 Å². The lowest BCUT2D eigenvalue weighted by Crippen LogP contribution is -2.13. The molecule has 128 valence electrons. The summed E-state index contributed by atoms with van der Waals surface area (Å²) in [5, 5.41) is 8.75. The van der Waals surface area contributed by atoms with Crippen LogP contribution in [-0.4, -0.2) is 26.4 Å². The van der Waals surface area contributed by atoms with Gasteiger partial charge in [0.2, 0.25) is 15.9 Å². The molecule has 7 nitrogen and oxygen atoms in total. The van der Waals surface area contributed by atoms with Crippen LogP contribution >= 0.6 is 0 Å². The molecular formula is C17H15N3O4S. The number of carbonyl (C=O) groups is 1. The minimum atomic E-state index is -3.83. The molecule has 0 saturated carbocycles. The van der Waals surface area contributed by atoms with Crippen molar-refractivity contribution < 1.29 is 17.9 Å². The zero-order valence-corrected chi connectivity index (χ0v) is 14.1. The molecule has 4 rings (SSSR count). The van der Waals surface area contributed by atoms with Crippen molar-refractivity contribution in [2.24, 2.45) is 5.14 Å². The fourth-order valence-electron chi connectivity index (χ4n) is 3.14. The van der Waals surface area contributed by atoms with Gasteiger partial charge >= 0.3 is 0 Å². The lowest BCUT2D eigenvalue weighted by Gasteiger charge is -2.09. The number of hydrogen-bond donors (Lipinski definition) is 3. The topological polar surface area (TPSA) is 114 Å². The first kappa shape index (κ1) is 15.7. The summed E-state index contributed by atoms with van der Waals surface area (Å²) in [7, 11) is -2.26. The van der Waals surface area contributed by atoms with Gasteiger partial charge in [-0.25, -0.2) is 13.6 Å². The molecule has 0 atom stereocenters. The number of benzene rings is 2. The van der Waals surface area contributed by atoms with Crippen molar-refractivity contribution in [3.05, 3.63) is 42.0 Å². The first-order valence-electron chi connectivity index (χ1n) is 7.52. The summed E-state index contributed by atoms with van der Waals surface area (Å²) in [6, 6.07) is 9.98. The lowest BCUT2D eigenvalue weighted by atomic mass is 10.0. The number of nitrogens with two attached hydrogens (primary N) is 1. The van der Waals surface area contributed by atoms with E-state index in [2.05, 4.69) is 10.3 Å². The lowest BCUT2D eigenvalue weighted by molar-refractivity contribution is -0.115. The van der Waals surface area contributed by atoms with Crippen LogP contribution in [0.25, 0.3) is 22.2 Å². The van der Waals surface area contributed by atoms with Gasteiger partial charge in [0.25, 0.3) is 0 Å². The molecule has 1 aromatic heterocycles. The Morgan fingerprint density at radius 1 is 1.16 bits per heavy atom. The number of H-pyrrole nitrogens is 1. The van der Waals surface area contributed by atoms with Crippen LogP contribution in [0.15, 0.2) is 41.3 Å². The molecule has 0 spiro atoms. The van der Waals surface area contributed by atoms with Gasteiger partial charge < -0.3 is 15.0 Å². The molecule has 0 radical (unpaired) electrons. The van der Waals surface area contributed by atoms with Gasteiger partial charge in [-0.15, -0.1) is 0 Å². The van der Waals surface area contributed by atoms with Gasteiger partial charge in [-0.1, -0.05) is 0 Å². The smallest absolute Gasteiger partial charge is 0.238 e. The minimum Gasteiger partial charge on any atom is -0.497 e. The summed E-state index contributed by atoms with van der Waals surface area (Å²) >= 11 is 0. The van der Waals surface area contributed by atoms with E-state index in [0.717, 1.165) is 22.3 Å². The number of sulfonamides is 1. The summed E-state index contributed by atoms with van der Waals surface area (Å²) < 4.78 is 28.6. The Morgan fingerprint density at radius 2 is 1.96 bits per heavy atom. The Balaban J connectivity index is 2.04. The van der Waals surface area contributed by atoms with Crippen molar-refractivity contribution >= 4 is 32.5 Å². The Kier molecular flexibility index (Phi) is 3.34. The molecule has 4 N–H and O–H groups in total. The normalized spacial score (nSPS) is 13.8. The molecule has 8 heteroatoms. The molecule has 1 amide bonds. The van der Waals surface area contributed by atoms with Crippen LogP contribution in [0.4, 0.5) is 5.69 Å². The number of methoxy groups -OCH3 is 1. The van der Waals surface area contributed by atoms with Crippen LogP contribution in [0.5, 0.6) is 5.75 Å². The van der Waals surface area contributed by atoms with E-state index in [9.17, 15) is 13.2 Å². The molecule has 1 aliphatic rings. The van der Waals surface area contributed by atoms with E-state index in [4.69, 9.17) is 9.88 Å². The summed E-state index contributed by atoms with van der Waals surface area (Å²) in [4.78, 5) is 15.6. The first-order chi connectivity index (χ1) is 11.9. The third kappa shape index (κ3) is 2.55. The minimum absolute atomic E-state index is 0.0114. The maximum absolute atomic E-state index is 12.3. The van der Waals surface area contributed by atoms with E-state index in [1.54, 1.807) is 25.3 Å². The Bertz CT molecular complexity index is 1130. The summed E-state index contributed by atoms with van der Waals surface area (Å²) in [5.74, 6) is 0.483. The molecule has 3 aromatic rings. The average molecular weight is 357 g/mol. The van der Waals surface area contributed by atoms with Gasteiger partial charge in [-0.2, -0.15) is 0 Å². The van der Waals surface area contributed by atoms with Crippen molar-refractivity contribution in [3.8, 4) is 17.0 Å². The number of primary sulfonamides is 1. The molecule has 2 aromatic carbocycles. The maximum Gasteiger partial charge on any atom is 0.238 e. The van der Waals surface area contributed by atoms with E-state index in [-0.39, 0.29) is 17.2 Å². The third-order valence-electron chi connectivity index (χ3n) is 4.31. The molecule has 0 unspecified atom stereocenters. The predicted octanol–water partition coefficient (Wildman–Crippen LogP) is 1.99. The summed E-state index contributed by atoms with van der Waals surface area (Å²) in [6.45, 7) is 0. The number of nitrogens with one attached hydrogen (secondary N) is 2. The molecular weight excluding hydrogens is 342 g/mol. The number of fused-ring (bicyclic) bond motifs is 5. The molecule has 2 heterocycles. The monoisotopic (exact) mass is 357 g/mol. The number of anilines is 1. The molecule has 25 heavy (non-hydrogen) atoms. The zero-order chi connectivity index (χ0) is 17.8. The third-order valence-corrected chi connectivity index (χ3v) is 5.22. The average Bonchev–Trinajstić information content (AvgIpc) is 2.85. The van der Waals surface area contributed by atoms with Gasteiger partial charge in [-0.05, 0) is 42.0 Å². The Morgan fingerprint density at radius 3 is 2.68 bits per heavy atom. The highest BCUT2D eigenvalue weighted by molar-refractivity contribution is 7.89. The predicted molar refractivity (Wildman–Crippen MR) is 94.0 cm³/mol. The Labute approximate surface area is 143 Å². The fourth-order valence-corrected chi connectivity index (χ4v) is 3.68. The zero-order valence-electron chi connectivity index (χ0n) is 13.3. The van der Waals surface area contributed by atoms with E-state index >= 15 is 0 Å². The Hall–Kier alpha value is -2.84. The standard InChI is InChI=1S/C17H15N3O4S/c1-24-9-2-4-15-13(6-9)17-12(8-16(21)19-15)11-7-10(25(18,22)23)3-5-14(11)20-17/h2-7,20H,8H2,1H3,(H,19,21)(H2,18,22,23). The SMILES string of the molecule is COc1ccc2c(c1)-c1[nH]c3ccc(S(N)(=O)=O)cc3c1CC(=O)N2. The molecule has 0 aliphatic carbocycles. The largest absolute Gasteiger partial charge is 0.497 e. The molecule has 1 aliphatic heterocycles. The van der Waals surface area contributed by atoms with Gasteiger partial charge in [0, 0.05) is 16.5 Å². The van der Waals surface area contributed by atoms with Crippen molar-refractivity contribution in [1.29, 1.82) is 0 Å². The van der Waals surface area contributed by atoms with Crippen LogP contribution in [0.3, 0.4) is 0 Å². The first-order valence-corrected chi connectivity index (χ1v) is 9.07. The van der Waals surface area contributed by atoms with E-state index in [0.29, 0.717) is 16.8 Å². The van der Waals surface area contributed by atoms with E-state index < -0.39 is 10.0 Å². The highest BCUT2D eigenvalue weighted by Crippen LogP contribution is 2.39. The quantitative estimate of drug-likeness (QED) is 0.650. The van der Waals surface area contributed by atoms with Crippen molar-refractivity contribution in [3.63, 3.8) is 0 Å². The number of aromatic nitrogens is 1.